The molecule has 1 aromatic carbocycles. The number of hydrogen-bond donors (Lipinski definition) is 1. The van der Waals surface area contributed by atoms with Crippen molar-refractivity contribution < 1.29 is 4.79 Å². The van der Waals surface area contributed by atoms with Crippen LogP contribution in [0.15, 0.2) is 24.3 Å². The lowest BCUT2D eigenvalue weighted by molar-refractivity contribution is -0.131. The number of nitrogens with two attached hydrogens (primary N) is 1. The lowest BCUT2D eigenvalue weighted by Gasteiger charge is -2.16. The summed E-state index contributed by atoms with van der Waals surface area (Å²) >= 11 is 0. The van der Waals surface area contributed by atoms with E-state index in [-0.39, 0.29) is 0 Å². The lowest BCUT2D eigenvalue weighted by atomic mass is 9.98. The van der Waals surface area contributed by atoms with Crippen LogP contribution in [0.2, 0.25) is 0 Å². The van der Waals surface area contributed by atoms with Gasteiger partial charge in [0.05, 0.1) is 0 Å². The van der Waals surface area contributed by atoms with Crippen molar-refractivity contribution in [1.82, 2.24) is 4.90 Å². The molecule has 1 saturated heterocycles. The third-order valence-corrected chi connectivity index (χ3v) is 3.81. The summed E-state index contributed by atoms with van der Waals surface area (Å²) in [5, 5.41) is 0. The van der Waals surface area contributed by atoms with Gasteiger partial charge in [-0.3, -0.25) is 4.79 Å². The van der Waals surface area contributed by atoms with Crippen LogP contribution >= 0.6 is 0 Å². The third-order valence-electron chi connectivity index (χ3n) is 3.81. The molecule has 1 heterocycles. The van der Waals surface area contributed by atoms with Crippen LogP contribution in [0.25, 0.3) is 0 Å². The van der Waals surface area contributed by atoms with Crippen LogP contribution in [0, 0.1) is 5.92 Å². The molecule has 1 saturated carbocycles. The normalized spacial score (nSPS) is 24.0. The van der Waals surface area contributed by atoms with Crippen LogP contribution in [-0.4, -0.2) is 23.9 Å². The molecule has 1 amide bonds. The Hall–Kier alpha value is -1.51. The van der Waals surface area contributed by atoms with Crippen LogP contribution in [0.4, 0.5) is 5.69 Å². The van der Waals surface area contributed by atoms with Crippen LogP contribution in [0.3, 0.4) is 0 Å². The summed E-state index contributed by atoms with van der Waals surface area (Å²) in [7, 11) is 0. The molecular weight excluding hydrogens is 212 g/mol. The molecule has 3 heteroatoms. The molecule has 3 rings (SSSR count). The molecule has 1 unspecified atom stereocenters. The number of likely N-dealkylation sites (tertiary alicyclic amines) is 1. The van der Waals surface area contributed by atoms with Crippen LogP contribution < -0.4 is 5.73 Å². The fourth-order valence-corrected chi connectivity index (χ4v) is 2.63. The predicted octanol–water partition coefficient (Wildman–Crippen LogP) is 1.99. The van der Waals surface area contributed by atoms with Gasteiger partial charge in [0.1, 0.15) is 0 Å². The minimum Gasteiger partial charge on any atom is -0.399 e. The highest BCUT2D eigenvalue weighted by Gasteiger charge is 2.36. The number of anilines is 1. The number of amides is 1. The average molecular weight is 230 g/mol. The smallest absolute Gasteiger partial charge is 0.225 e. The van der Waals surface area contributed by atoms with Crippen molar-refractivity contribution in [3.05, 3.63) is 29.8 Å². The van der Waals surface area contributed by atoms with Crippen molar-refractivity contribution >= 4 is 11.6 Å². The molecule has 2 fully saturated rings. The Morgan fingerprint density at radius 1 is 1.29 bits per heavy atom. The van der Waals surface area contributed by atoms with E-state index in [9.17, 15) is 4.79 Å². The van der Waals surface area contributed by atoms with E-state index in [1.54, 1.807) is 0 Å². The zero-order valence-electron chi connectivity index (χ0n) is 9.93. The highest BCUT2D eigenvalue weighted by Crippen LogP contribution is 2.35. The van der Waals surface area contributed by atoms with E-state index in [0.29, 0.717) is 17.7 Å². The second kappa shape index (κ2) is 4.06. The van der Waals surface area contributed by atoms with Crippen LogP contribution in [0.1, 0.15) is 30.7 Å². The van der Waals surface area contributed by atoms with Gasteiger partial charge in [-0.15, -0.1) is 0 Å². The van der Waals surface area contributed by atoms with Gasteiger partial charge in [-0.1, -0.05) is 12.1 Å². The lowest BCUT2D eigenvalue weighted by Crippen LogP contribution is -2.29. The summed E-state index contributed by atoms with van der Waals surface area (Å²) in [5.41, 5.74) is 7.89. The molecule has 1 aromatic rings. The molecule has 1 atom stereocenters. The van der Waals surface area contributed by atoms with Crippen molar-refractivity contribution in [2.45, 2.75) is 25.2 Å². The molecule has 1 aliphatic carbocycles. The summed E-state index contributed by atoms with van der Waals surface area (Å²) < 4.78 is 0. The Balaban J connectivity index is 1.69. The summed E-state index contributed by atoms with van der Waals surface area (Å²) in [6.07, 6.45) is 3.26. The van der Waals surface area contributed by atoms with Gasteiger partial charge in [-0.05, 0) is 37.0 Å². The molecule has 0 bridgehead atoms. The zero-order valence-corrected chi connectivity index (χ0v) is 9.93. The Morgan fingerprint density at radius 3 is 2.82 bits per heavy atom. The van der Waals surface area contributed by atoms with Crippen molar-refractivity contribution in [3.63, 3.8) is 0 Å². The van der Waals surface area contributed by atoms with Gasteiger partial charge >= 0.3 is 0 Å². The number of benzene rings is 1. The summed E-state index contributed by atoms with van der Waals surface area (Å²) in [5.74, 6) is 1.19. The first kappa shape index (κ1) is 10.6. The maximum Gasteiger partial charge on any atom is 0.225 e. The highest BCUT2D eigenvalue weighted by molar-refractivity contribution is 5.81. The molecular formula is C14H18N2O. The first-order chi connectivity index (χ1) is 8.24. The number of hydrogen-bond acceptors (Lipinski definition) is 2. The van der Waals surface area contributed by atoms with Crippen molar-refractivity contribution in [1.29, 1.82) is 0 Å². The SMILES string of the molecule is Nc1cccc(C2CCN(C(=O)C3CC3)C2)c1. The highest BCUT2D eigenvalue weighted by atomic mass is 16.2. The van der Waals surface area contributed by atoms with Crippen LogP contribution in [0.5, 0.6) is 0 Å². The van der Waals surface area contributed by atoms with E-state index in [1.807, 2.05) is 23.1 Å². The minimum absolute atomic E-state index is 0.342. The molecule has 1 aliphatic heterocycles. The Kier molecular flexibility index (Phi) is 2.54. The van der Waals surface area contributed by atoms with E-state index < -0.39 is 0 Å². The van der Waals surface area contributed by atoms with Gasteiger partial charge in [0.2, 0.25) is 5.91 Å². The Labute approximate surface area is 102 Å². The van der Waals surface area contributed by atoms with Crippen molar-refractivity contribution in [2.75, 3.05) is 18.8 Å². The molecule has 3 nitrogen and oxygen atoms in total. The first-order valence-electron chi connectivity index (χ1n) is 6.38. The van der Waals surface area contributed by atoms with E-state index >= 15 is 0 Å². The summed E-state index contributed by atoms with van der Waals surface area (Å²) in [6, 6.07) is 8.06. The monoisotopic (exact) mass is 230 g/mol. The fraction of sp³-hybridized carbons (Fsp3) is 0.500. The average Bonchev–Trinajstić information content (AvgIpc) is 3.05. The quantitative estimate of drug-likeness (QED) is 0.790. The third kappa shape index (κ3) is 2.14. The van der Waals surface area contributed by atoms with E-state index in [2.05, 4.69) is 6.07 Å². The van der Waals surface area contributed by atoms with E-state index in [0.717, 1.165) is 38.0 Å². The number of carbonyl (C=O) groups excluding carboxylic acids is 1. The van der Waals surface area contributed by atoms with Gasteiger partial charge in [0, 0.05) is 30.6 Å². The second-order valence-corrected chi connectivity index (χ2v) is 5.21. The predicted molar refractivity (Wildman–Crippen MR) is 67.5 cm³/mol. The number of carbonyl (C=O) groups is 1. The molecule has 2 aliphatic rings. The maximum atomic E-state index is 12.0. The summed E-state index contributed by atoms with van der Waals surface area (Å²) in [6.45, 7) is 1.79. The van der Waals surface area contributed by atoms with Crippen molar-refractivity contribution in [2.24, 2.45) is 5.92 Å². The number of nitrogen functional groups attached to an aromatic ring is 1. The molecule has 90 valence electrons. The molecule has 0 radical (unpaired) electrons. The van der Waals surface area contributed by atoms with E-state index in [1.165, 1.54) is 5.56 Å². The largest absolute Gasteiger partial charge is 0.399 e. The maximum absolute atomic E-state index is 12.0. The first-order valence-corrected chi connectivity index (χ1v) is 6.38. The topological polar surface area (TPSA) is 46.3 Å². The molecule has 2 N–H and O–H groups in total. The molecule has 0 aromatic heterocycles. The molecule has 17 heavy (non-hydrogen) atoms. The van der Waals surface area contributed by atoms with Crippen LogP contribution in [-0.2, 0) is 4.79 Å². The Bertz CT molecular complexity index is 440. The second-order valence-electron chi connectivity index (χ2n) is 5.21. The zero-order chi connectivity index (χ0) is 11.8. The van der Waals surface area contributed by atoms with Gasteiger partial charge < -0.3 is 10.6 Å². The standard InChI is InChI=1S/C14H18N2O/c15-13-3-1-2-11(8-13)12-6-7-16(9-12)14(17)10-4-5-10/h1-3,8,10,12H,4-7,9,15H2. The van der Waals surface area contributed by atoms with Gasteiger partial charge in [-0.25, -0.2) is 0 Å². The minimum atomic E-state index is 0.342. The van der Waals surface area contributed by atoms with Gasteiger partial charge in [-0.2, -0.15) is 0 Å². The fourth-order valence-electron chi connectivity index (χ4n) is 2.63. The van der Waals surface area contributed by atoms with Gasteiger partial charge in [0.25, 0.3) is 0 Å². The number of nitrogens with zero attached hydrogens (tertiary/aromatic N) is 1. The van der Waals surface area contributed by atoms with Gasteiger partial charge in [0.15, 0.2) is 0 Å². The van der Waals surface area contributed by atoms with Crippen molar-refractivity contribution in [3.8, 4) is 0 Å². The molecule has 0 spiro atoms. The number of rotatable bonds is 2. The Morgan fingerprint density at radius 2 is 2.12 bits per heavy atom. The summed E-state index contributed by atoms with van der Waals surface area (Å²) in [4.78, 5) is 14.0. The van der Waals surface area contributed by atoms with E-state index in [4.69, 9.17) is 5.73 Å².